The Balaban J connectivity index is 1.87. The van der Waals surface area contributed by atoms with Gasteiger partial charge in [-0.05, 0) is 26.3 Å². The van der Waals surface area contributed by atoms with E-state index in [1.54, 1.807) is 0 Å². The maximum Gasteiger partial charge on any atom is 0.191 e. The third kappa shape index (κ3) is 6.81. The molecule has 1 aliphatic rings. The van der Waals surface area contributed by atoms with E-state index >= 15 is 0 Å². The van der Waals surface area contributed by atoms with Gasteiger partial charge in [-0.25, -0.2) is 4.99 Å². The molecule has 0 saturated carbocycles. The van der Waals surface area contributed by atoms with Crippen LogP contribution >= 0.6 is 0 Å². The Morgan fingerprint density at radius 2 is 1.89 bits per heavy atom. The lowest BCUT2D eigenvalue weighted by atomic mass is 10.1. The smallest absolute Gasteiger partial charge is 0.191 e. The molecule has 1 unspecified atom stereocenters. The summed E-state index contributed by atoms with van der Waals surface area (Å²) in [5, 5.41) is 11.0. The lowest BCUT2D eigenvalue weighted by Crippen LogP contribution is -2.47. The van der Waals surface area contributed by atoms with Gasteiger partial charge in [-0.2, -0.15) is 0 Å². The molecule has 0 amide bonds. The van der Waals surface area contributed by atoms with Gasteiger partial charge in [0.1, 0.15) is 5.76 Å². The fourth-order valence-corrected chi connectivity index (χ4v) is 3.42. The molecule has 27 heavy (non-hydrogen) atoms. The van der Waals surface area contributed by atoms with Crippen LogP contribution in [0.2, 0.25) is 0 Å². The Kier molecular flexibility index (Phi) is 9.07. The molecule has 0 aliphatic carbocycles. The van der Waals surface area contributed by atoms with Crippen LogP contribution < -0.4 is 10.6 Å². The van der Waals surface area contributed by atoms with E-state index in [9.17, 15) is 0 Å². The summed E-state index contributed by atoms with van der Waals surface area (Å²) in [6.07, 6.45) is 1.73. The number of guanidine groups is 1. The van der Waals surface area contributed by atoms with Crippen molar-refractivity contribution in [3.63, 3.8) is 0 Å². The highest BCUT2D eigenvalue weighted by Gasteiger charge is 2.16. The molecule has 0 spiro atoms. The molecule has 7 nitrogen and oxygen atoms in total. The first-order valence-corrected chi connectivity index (χ1v) is 10.5. The second-order valence-corrected chi connectivity index (χ2v) is 7.52. The van der Waals surface area contributed by atoms with Gasteiger partial charge in [-0.1, -0.05) is 25.9 Å². The molecule has 1 aromatic heterocycles. The Hall–Kier alpha value is -1.60. The summed E-state index contributed by atoms with van der Waals surface area (Å²) in [6, 6.07) is 0. The predicted molar refractivity (Wildman–Crippen MR) is 111 cm³/mol. The number of rotatable bonds is 9. The summed E-state index contributed by atoms with van der Waals surface area (Å²) in [4.78, 5) is 9.74. The molecule has 0 aromatic carbocycles. The van der Waals surface area contributed by atoms with Crippen molar-refractivity contribution in [3.8, 4) is 0 Å². The average Bonchev–Trinajstić information content (AvgIpc) is 3.07. The van der Waals surface area contributed by atoms with Gasteiger partial charge in [0.05, 0.1) is 12.2 Å². The van der Waals surface area contributed by atoms with E-state index in [1.165, 1.54) is 26.2 Å². The van der Waals surface area contributed by atoms with Gasteiger partial charge in [-0.15, -0.1) is 0 Å². The lowest BCUT2D eigenvalue weighted by molar-refractivity contribution is 0.139. The molecule has 0 radical (unpaired) electrons. The van der Waals surface area contributed by atoms with Crippen molar-refractivity contribution < 1.29 is 4.52 Å². The Morgan fingerprint density at radius 1 is 1.15 bits per heavy atom. The van der Waals surface area contributed by atoms with Gasteiger partial charge in [0.2, 0.25) is 0 Å². The van der Waals surface area contributed by atoms with E-state index in [4.69, 9.17) is 9.52 Å². The largest absolute Gasteiger partial charge is 0.361 e. The molecule has 7 heteroatoms. The molecule has 2 N–H and O–H groups in total. The van der Waals surface area contributed by atoms with Crippen molar-refractivity contribution in [1.29, 1.82) is 0 Å². The van der Waals surface area contributed by atoms with Gasteiger partial charge in [0.25, 0.3) is 0 Å². The monoisotopic (exact) mass is 378 g/mol. The summed E-state index contributed by atoms with van der Waals surface area (Å²) in [5.74, 6) is 2.40. The summed E-state index contributed by atoms with van der Waals surface area (Å²) in [5.41, 5.74) is 2.16. The molecular weight excluding hydrogens is 340 g/mol. The summed E-state index contributed by atoms with van der Waals surface area (Å²) in [7, 11) is 2.20. The summed E-state index contributed by atoms with van der Waals surface area (Å²) in [6.45, 7) is 16.8. The van der Waals surface area contributed by atoms with Crippen LogP contribution in [0.1, 0.15) is 44.7 Å². The topological polar surface area (TPSA) is 68.9 Å². The standard InChI is InChI=1S/C20H38N6O/c1-6-18-17(19(7-2)27-24-18)14-23-20(21-8-3)22-13-16(4)15-26-11-9-25(5)10-12-26/h16H,6-15H2,1-5H3,(H2,21,22,23). The van der Waals surface area contributed by atoms with Gasteiger partial charge < -0.3 is 25.0 Å². The Bertz CT molecular complexity index is 556. The molecule has 0 bridgehead atoms. The maximum atomic E-state index is 5.45. The minimum absolute atomic E-state index is 0.574. The minimum Gasteiger partial charge on any atom is -0.361 e. The van der Waals surface area contributed by atoms with Crippen LogP contribution in [0.4, 0.5) is 0 Å². The van der Waals surface area contributed by atoms with Crippen LogP contribution in [0.15, 0.2) is 9.52 Å². The van der Waals surface area contributed by atoms with Crippen LogP contribution in [0.5, 0.6) is 0 Å². The van der Waals surface area contributed by atoms with Gasteiger partial charge in [0, 0.05) is 57.8 Å². The quantitative estimate of drug-likeness (QED) is 0.504. The second-order valence-electron chi connectivity index (χ2n) is 7.52. The van der Waals surface area contributed by atoms with Crippen molar-refractivity contribution in [2.24, 2.45) is 10.9 Å². The van der Waals surface area contributed by atoms with Crippen molar-refractivity contribution in [3.05, 3.63) is 17.0 Å². The van der Waals surface area contributed by atoms with E-state index in [1.807, 2.05) is 0 Å². The van der Waals surface area contributed by atoms with Crippen molar-refractivity contribution >= 4 is 5.96 Å². The van der Waals surface area contributed by atoms with Crippen LogP contribution in [-0.2, 0) is 19.4 Å². The number of likely N-dealkylation sites (N-methyl/N-ethyl adjacent to an activating group) is 1. The first-order chi connectivity index (χ1) is 13.1. The summed E-state index contributed by atoms with van der Waals surface area (Å²) < 4.78 is 5.45. The fraction of sp³-hybridized carbons (Fsp3) is 0.800. The van der Waals surface area contributed by atoms with Gasteiger partial charge in [-0.3, -0.25) is 0 Å². The van der Waals surface area contributed by atoms with Crippen molar-refractivity contribution in [2.45, 2.75) is 47.1 Å². The van der Waals surface area contributed by atoms with Crippen LogP contribution in [-0.4, -0.2) is 73.8 Å². The average molecular weight is 379 g/mol. The molecule has 154 valence electrons. The van der Waals surface area contributed by atoms with Gasteiger partial charge >= 0.3 is 0 Å². The highest BCUT2D eigenvalue weighted by Crippen LogP contribution is 2.16. The molecule has 1 aromatic rings. The van der Waals surface area contributed by atoms with Crippen LogP contribution in [0.25, 0.3) is 0 Å². The molecular formula is C20H38N6O. The maximum absolute atomic E-state index is 5.45. The number of aliphatic imine (C=N–C) groups is 1. The van der Waals surface area contributed by atoms with Crippen LogP contribution in [0.3, 0.4) is 0 Å². The Labute approximate surface area is 164 Å². The normalized spacial score (nSPS) is 17.9. The third-order valence-corrected chi connectivity index (χ3v) is 5.13. The zero-order chi connectivity index (χ0) is 19.6. The number of piperazine rings is 1. The van der Waals surface area contributed by atoms with Crippen molar-refractivity contribution in [1.82, 2.24) is 25.6 Å². The molecule has 1 saturated heterocycles. The predicted octanol–water partition coefficient (Wildman–Crippen LogP) is 1.74. The first kappa shape index (κ1) is 21.7. The van der Waals surface area contributed by atoms with Crippen molar-refractivity contribution in [2.75, 3.05) is 52.9 Å². The van der Waals surface area contributed by atoms with E-state index in [-0.39, 0.29) is 0 Å². The van der Waals surface area contributed by atoms with E-state index in [0.717, 1.165) is 55.5 Å². The summed E-state index contributed by atoms with van der Waals surface area (Å²) >= 11 is 0. The highest BCUT2D eigenvalue weighted by atomic mass is 16.5. The second kappa shape index (κ2) is 11.3. The number of aryl methyl sites for hydroxylation is 2. The molecule has 1 atom stereocenters. The highest BCUT2D eigenvalue weighted by molar-refractivity contribution is 5.79. The van der Waals surface area contributed by atoms with E-state index < -0.39 is 0 Å². The molecule has 2 heterocycles. The molecule has 2 rings (SSSR count). The molecule has 1 fully saturated rings. The number of nitrogens with one attached hydrogen (secondary N) is 2. The minimum atomic E-state index is 0.574. The first-order valence-electron chi connectivity index (χ1n) is 10.5. The zero-order valence-corrected chi connectivity index (χ0v) is 17.8. The van der Waals surface area contributed by atoms with E-state index in [2.05, 4.69) is 60.3 Å². The lowest BCUT2D eigenvalue weighted by Gasteiger charge is -2.34. The SMILES string of the molecule is CCNC(=NCc1c(CC)noc1CC)NCC(C)CN1CCN(C)CC1. The van der Waals surface area contributed by atoms with E-state index in [0.29, 0.717) is 12.5 Å². The fourth-order valence-electron chi connectivity index (χ4n) is 3.42. The number of hydrogen-bond acceptors (Lipinski definition) is 5. The van der Waals surface area contributed by atoms with Crippen LogP contribution in [0, 0.1) is 5.92 Å². The number of aromatic nitrogens is 1. The zero-order valence-electron chi connectivity index (χ0n) is 17.8. The number of hydrogen-bond donors (Lipinski definition) is 2. The number of nitrogens with zero attached hydrogens (tertiary/aromatic N) is 4. The third-order valence-electron chi connectivity index (χ3n) is 5.13. The van der Waals surface area contributed by atoms with Gasteiger partial charge in [0.15, 0.2) is 5.96 Å². The molecule has 1 aliphatic heterocycles. The Morgan fingerprint density at radius 3 is 2.52 bits per heavy atom.